The van der Waals surface area contributed by atoms with Gasteiger partial charge in [-0.3, -0.25) is 4.79 Å². The topological polar surface area (TPSA) is 72.9 Å². The van der Waals surface area contributed by atoms with Crippen molar-refractivity contribution in [1.29, 1.82) is 0 Å². The van der Waals surface area contributed by atoms with Crippen molar-refractivity contribution in [1.82, 2.24) is 4.31 Å². The molecular formula is C18H17F2NO5S. The number of carbonyl (C=O) groups excluding carboxylic acids is 1. The van der Waals surface area contributed by atoms with Gasteiger partial charge in [-0.2, -0.15) is 4.31 Å². The Hall–Kier alpha value is -2.36. The molecule has 1 fully saturated rings. The number of hydrogen-bond donors (Lipinski definition) is 0. The van der Waals surface area contributed by atoms with Gasteiger partial charge in [0.2, 0.25) is 10.0 Å². The van der Waals surface area contributed by atoms with E-state index in [1.165, 1.54) is 34.6 Å². The van der Waals surface area contributed by atoms with Crippen molar-refractivity contribution < 1.29 is 31.5 Å². The molecule has 0 unspecified atom stereocenters. The third-order valence-electron chi connectivity index (χ3n) is 4.04. The molecule has 1 aliphatic heterocycles. The predicted molar refractivity (Wildman–Crippen MR) is 92.2 cm³/mol. The minimum atomic E-state index is -3.61. The van der Waals surface area contributed by atoms with Gasteiger partial charge < -0.3 is 9.47 Å². The molecule has 0 amide bonds. The fourth-order valence-electron chi connectivity index (χ4n) is 2.55. The van der Waals surface area contributed by atoms with Crippen LogP contribution in [-0.2, 0) is 14.8 Å². The molecule has 1 saturated heterocycles. The third-order valence-corrected chi connectivity index (χ3v) is 5.96. The van der Waals surface area contributed by atoms with Gasteiger partial charge in [0.15, 0.2) is 24.0 Å². The molecule has 2 aromatic carbocycles. The maximum absolute atomic E-state index is 13.2. The van der Waals surface area contributed by atoms with Crippen molar-refractivity contribution in [2.75, 3.05) is 32.9 Å². The first-order valence-corrected chi connectivity index (χ1v) is 9.61. The molecule has 0 bridgehead atoms. The lowest BCUT2D eigenvalue weighted by molar-refractivity contribution is 0.0730. The normalized spacial score (nSPS) is 15.5. The van der Waals surface area contributed by atoms with E-state index in [9.17, 15) is 22.0 Å². The highest BCUT2D eigenvalue weighted by Gasteiger charge is 2.26. The number of nitrogens with zero attached hydrogens (tertiary/aromatic N) is 1. The molecule has 0 atom stereocenters. The van der Waals surface area contributed by atoms with Gasteiger partial charge in [-0.05, 0) is 42.5 Å². The summed E-state index contributed by atoms with van der Waals surface area (Å²) in [5.41, 5.74) is -0.0135. The Morgan fingerprint density at radius 1 is 1.04 bits per heavy atom. The third kappa shape index (κ3) is 4.49. The van der Waals surface area contributed by atoms with Crippen LogP contribution in [0.5, 0.6) is 5.75 Å². The minimum absolute atomic E-state index is 0.0135. The lowest BCUT2D eigenvalue weighted by Crippen LogP contribution is -2.40. The predicted octanol–water partition coefficient (Wildman–Crippen LogP) is 2.25. The number of morpholine rings is 1. The van der Waals surface area contributed by atoms with Crippen LogP contribution in [0, 0.1) is 11.6 Å². The summed E-state index contributed by atoms with van der Waals surface area (Å²) in [7, 11) is -3.61. The highest BCUT2D eigenvalue weighted by atomic mass is 32.2. The quantitative estimate of drug-likeness (QED) is 0.699. The average molecular weight is 397 g/mol. The first kappa shape index (κ1) is 19.4. The van der Waals surface area contributed by atoms with Crippen molar-refractivity contribution in [2.45, 2.75) is 4.90 Å². The average Bonchev–Trinajstić information content (AvgIpc) is 2.69. The fraction of sp³-hybridized carbons (Fsp3) is 0.278. The second-order valence-corrected chi connectivity index (χ2v) is 7.77. The summed E-state index contributed by atoms with van der Waals surface area (Å²) in [5, 5.41) is 0. The van der Waals surface area contributed by atoms with Crippen LogP contribution in [0.15, 0.2) is 47.4 Å². The van der Waals surface area contributed by atoms with Crippen LogP contribution in [0.1, 0.15) is 10.4 Å². The van der Waals surface area contributed by atoms with Crippen molar-refractivity contribution in [3.8, 4) is 5.75 Å². The van der Waals surface area contributed by atoms with E-state index in [4.69, 9.17) is 9.47 Å². The first-order chi connectivity index (χ1) is 12.9. The number of rotatable bonds is 6. The molecule has 0 radical (unpaired) electrons. The highest BCUT2D eigenvalue weighted by Crippen LogP contribution is 2.20. The van der Waals surface area contributed by atoms with Crippen LogP contribution in [-0.4, -0.2) is 51.4 Å². The van der Waals surface area contributed by atoms with Crippen LogP contribution in [0.25, 0.3) is 0 Å². The Bertz CT molecular complexity index is 925. The Morgan fingerprint density at radius 2 is 1.70 bits per heavy atom. The van der Waals surface area contributed by atoms with E-state index in [0.29, 0.717) is 26.3 Å². The molecule has 1 aliphatic rings. The molecule has 6 nitrogen and oxygen atoms in total. The van der Waals surface area contributed by atoms with Gasteiger partial charge in [-0.1, -0.05) is 0 Å². The second-order valence-electron chi connectivity index (χ2n) is 5.83. The molecular weight excluding hydrogens is 380 g/mol. The van der Waals surface area contributed by atoms with E-state index in [0.717, 1.165) is 12.1 Å². The van der Waals surface area contributed by atoms with E-state index in [1.807, 2.05) is 0 Å². The molecule has 0 spiro atoms. The van der Waals surface area contributed by atoms with E-state index in [-0.39, 0.29) is 22.8 Å². The molecule has 9 heteroatoms. The number of Topliss-reactive ketones (excluding diaryl/α,β-unsaturated/α-hetero) is 1. The number of carbonyl (C=O) groups is 1. The Morgan fingerprint density at radius 3 is 2.33 bits per heavy atom. The van der Waals surface area contributed by atoms with Gasteiger partial charge >= 0.3 is 0 Å². The molecule has 27 heavy (non-hydrogen) atoms. The van der Waals surface area contributed by atoms with E-state index in [1.54, 1.807) is 0 Å². The summed E-state index contributed by atoms with van der Waals surface area (Å²) < 4.78 is 62.9. The molecule has 1 heterocycles. The maximum Gasteiger partial charge on any atom is 0.243 e. The number of sulfonamides is 1. The summed E-state index contributed by atoms with van der Waals surface area (Å²) in [6.45, 7) is 0.909. The fourth-order valence-corrected chi connectivity index (χ4v) is 3.95. The summed E-state index contributed by atoms with van der Waals surface area (Å²) in [6, 6.07) is 8.50. The van der Waals surface area contributed by atoms with Gasteiger partial charge in [0.25, 0.3) is 0 Å². The lowest BCUT2D eigenvalue weighted by atomic mass is 10.1. The summed E-state index contributed by atoms with van der Waals surface area (Å²) in [4.78, 5) is 12.1. The van der Waals surface area contributed by atoms with E-state index in [2.05, 4.69) is 0 Å². The van der Waals surface area contributed by atoms with Crippen LogP contribution in [0.3, 0.4) is 0 Å². The van der Waals surface area contributed by atoms with Crippen molar-refractivity contribution in [2.24, 2.45) is 0 Å². The lowest BCUT2D eigenvalue weighted by Gasteiger charge is -2.26. The minimum Gasteiger partial charge on any atom is -0.485 e. The number of ketones is 1. The Balaban J connectivity index is 1.63. The number of benzene rings is 2. The zero-order valence-electron chi connectivity index (χ0n) is 14.2. The van der Waals surface area contributed by atoms with Gasteiger partial charge in [0.05, 0.1) is 18.1 Å². The standard InChI is InChI=1S/C18H17F2NO5S/c19-16-6-1-13(11-17(16)20)18(22)12-26-14-2-4-15(5-3-14)27(23,24)21-7-9-25-10-8-21/h1-6,11H,7-10,12H2. The van der Waals surface area contributed by atoms with E-state index >= 15 is 0 Å². The second kappa shape index (κ2) is 8.12. The molecule has 3 rings (SSSR count). The molecule has 2 aromatic rings. The van der Waals surface area contributed by atoms with Gasteiger partial charge in [-0.15, -0.1) is 0 Å². The molecule has 0 aliphatic carbocycles. The van der Waals surface area contributed by atoms with Crippen LogP contribution < -0.4 is 4.74 Å². The van der Waals surface area contributed by atoms with E-state index < -0.39 is 27.4 Å². The number of ether oxygens (including phenoxy) is 2. The molecule has 0 saturated carbocycles. The SMILES string of the molecule is O=C(COc1ccc(S(=O)(=O)N2CCOCC2)cc1)c1ccc(F)c(F)c1. The monoisotopic (exact) mass is 397 g/mol. The molecule has 0 aromatic heterocycles. The van der Waals surface area contributed by atoms with Crippen LogP contribution >= 0.6 is 0 Å². The zero-order chi connectivity index (χ0) is 19.4. The van der Waals surface area contributed by atoms with Gasteiger partial charge in [0.1, 0.15) is 5.75 Å². The van der Waals surface area contributed by atoms with Crippen molar-refractivity contribution in [3.05, 3.63) is 59.7 Å². The largest absolute Gasteiger partial charge is 0.485 e. The first-order valence-electron chi connectivity index (χ1n) is 8.17. The number of halogens is 2. The van der Waals surface area contributed by atoms with Crippen molar-refractivity contribution in [3.63, 3.8) is 0 Å². The maximum atomic E-state index is 13.2. The summed E-state index contributed by atoms with van der Waals surface area (Å²) in [6.07, 6.45) is 0. The van der Waals surface area contributed by atoms with Gasteiger partial charge in [-0.25, -0.2) is 17.2 Å². The summed E-state index contributed by atoms with van der Waals surface area (Å²) >= 11 is 0. The van der Waals surface area contributed by atoms with Crippen molar-refractivity contribution >= 4 is 15.8 Å². The Kier molecular flexibility index (Phi) is 5.83. The zero-order valence-corrected chi connectivity index (χ0v) is 15.0. The Labute approximate surface area is 155 Å². The van der Waals surface area contributed by atoms with Gasteiger partial charge in [0, 0.05) is 18.7 Å². The highest BCUT2D eigenvalue weighted by molar-refractivity contribution is 7.89. The smallest absolute Gasteiger partial charge is 0.243 e. The summed E-state index contributed by atoms with van der Waals surface area (Å²) in [5.74, 6) is -2.39. The van der Waals surface area contributed by atoms with Crippen LogP contribution in [0.4, 0.5) is 8.78 Å². The molecule has 144 valence electrons. The van der Waals surface area contributed by atoms with Crippen LogP contribution in [0.2, 0.25) is 0 Å². The number of hydrogen-bond acceptors (Lipinski definition) is 5. The molecule has 0 N–H and O–H groups in total.